The van der Waals surface area contributed by atoms with Gasteiger partial charge in [-0.1, -0.05) is 12.1 Å². The number of ether oxygens (including phenoxy) is 1. The lowest BCUT2D eigenvalue weighted by molar-refractivity contribution is 0.102. The molecule has 29 heavy (non-hydrogen) atoms. The van der Waals surface area contributed by atoms with Gasteiger partial charge in [0, 0.05) is 12.2 Å². The fourth-order valence-corrected chi connectivity index (χ4v) is 3.51. The molecule has 0 atom stereocenters. The van der Waals surface area contributed by atoms with Crippen LogP contribution in [0.2, 0.25) is 0 Å². The maximum Gasteiger partial charge on any atom is 0.274 e. The first-order chi connectivity index (χ1) is 14.1. The van der Waals surface area contributed by atoms with Crippen molar-refractivity contribution >= 4 is 11.6 Å². The minimum absolute atomic E-state index is 0.120. The van der Waals surface area contributed by atoms with Gasteiger partial charge in [0.05, 0.1) is 23.2 Å². The van der Waals surface area contributed by atoms with E-state index < -0.39 is 0 Å². The number of carbonyl (C=O) groups excluding carboxylic acids is 1. The predicted octanol–water partition coefficient (Wildman–Crippen LogP) is 3.68. The summed E-state index contributed by atoms with van der Waals surface area (Å²) in [7, 11) is 0. The van der Waals surface area contributed by atoms with Gasteiger partial charge in [-0.25, -0.2) is 4.98 Å². The van der Waals surface area contributed by atoms with Crippen LogP contribution < -0.4 is 15.8 Å². The van der Waals surface area contributed by atoms with E-state index in [2.05, 4.69) is 20.5 Å². The Morgan fingerprint density at radius 3 is 2.76 bits per heavy atom. The first-order valence-corrected chi connectivity index (χ1v) is 9.89. The topological polar surface area (TPSA) is 106 Å². The minimum atomic E-state index is -0.286. The summed E-state index contributed by atoms with van der Waals surface area (Å²) in [4.78, 5) is 17.3. The minimum Gasteiger partial charge on any atom is -0.488 e. The largest absolute Gasteiger partial charge is 0.488 e. The SMILES string of the molecule is Cc1ccc(NC(=O)c2cccc(-c3ccn[nH]3)n2)c(OC2CCC(N)CC2)c1. The molecule has 0 saturated heterocycles. The van der Waals surface area contributed by atoms with Crippen LogP contribution in [0.3, 0.4) is 0 Å². The molecule has 7 heteroatoms. The zero-order valence-corrected chi connectivity index (χ0v) is 16.4. The van der Waals surface area contributed by atoms with Gasteiger partial charge in [0.25, 0.3) is 5.91 Å². The summed E-state index contributed by atoms with van der Waals surface area (Å²) in [6.45, 7) is 2.00. The third kappa shape index (κ3) is 4.63. The molecule has 0 radical (unpaired) electrons. The number of aromatic nitrogens is 3. The molecule has 4 N–H and O–H groups in total. The molecule has 1 aliphatic rings. The number of anilines is 1. The van der Waals surface area contributed by atoms with Crippen LogP contribution in [0.4, 0.5) is 5.69 Å². The van der Waals surface area contributed by atoms with Crippen molar-refractivity contribution in [1.82, 2.24) is 15.2 Å². The molecule has 1 aromatic carbocycles. The summed E-state index contributed by atoms with van der Waals surface area (Å²) in [5.74, 6) is 0.397. The third-order valence-corrected chi connectivity index (χ3v) is 5.16. The van der Waals surface area contributed by atoms with Crippen molar-refractivity contribution in [2.24, 2.45) is 5.73 Å². The van der Waals surface area contributed by atoms with E-state index in [-0.39, 0.29) is 18.1 Å². The second-order valence-electron chi connectivity index (χ2n) is 7.49. The van der Waals surface area contributed by atoms with Gasteiger partial charge < -0.3 is 15.8 Å². The summed E-state index contributed by atoms with van der Waals surface area (Å²) in [5.41, 5.74) is 9.46. The Morgan fingerprint density at radius 1 is 1.17 bits per heavy atom. The van der Waals surface area contributed by atoms with Gasteiger partial charge in [0.1, 0.15) is 11.4 Å². The van der Waals surface area contributed by atoms with Crippen LogP contribution in [0.5, 0.6) is 5.75 Å². The lowest BCUT2D eigenvalue weighted by atomic mass is 9.93. The fourth-order valence-electron chi connectivity index (χ4n) is 3.51. The Bertz CT molecular complexity index is 979. The van der Waals surface area contributed by atoms with Gasteiger partial charge in [0.15, 0.2) is 0 Å². The fraction of sp³-hybridized carbons (Fsp3) is 0.318. The zero-order chi connectivity index (χ0) is 20.2. The van der Waals surface area contributed by atoms with Crippen LogP contribution in [0.1, 0.15) is 41.7 Å². The standard InChI is InChI=1S/C22H25N5O2/c1-14-5-10-19(21(13-14)29-16-8-6-15(23)7-9-16)26-22(28)20-4-2-3-17(25-20)18-11-12-24-27-18/h2-5,10-13,15-16H,6-9,23H2,1H3,(H,24,27)(H,26,28). The van der Waals surface area contributed by atoms with Gasteiger partial charge in [0.2, 0.25) is 0 Å². The second kappa shape index (κ2) is 8.45. The number of amides is 1. The number of rotatable bonds is 5. The molecular weight excluding hydrogens is 366 g/mol. The third-order valence-electron chi connectivity index (χ3n) is 5.16. The number of nitrogens with two attached hydrogens (primary N) is 1. The number of nitrogens with zero attached hydrogens (tertiary/aromatic N) is 2. The first kappa shape index (κ1) is 19.1. The summed E-state index contributed by atoms with van der Waals surface area (Å²) >= 11 is 0. The molecule has 0 aliphatic heterocycles. The molecule has 1 saturated carbocycles. The van der Waals surface area contributed by atoms with Crippen molar-refractivity contribution in [3.63, 3.8) is 0 Å². The van der Waals surface area contributed by atoms with Gasteiger partial charge in [-0.05, 0) is 68.5 Å². The van der Waals surface area contributed by atoms with Crippen molar-refractivity contribution < 1.29 is 9.53 Å². The summed E-state index contributed by atoms with van der Waals surface area (Å²) < 4.78 is 6.23. The van der Waals surface area contributed by atoms with Crippen LogP contribution in [0.25, 0.3) is 11.4 Å². The summed E-state index contributed by atoms with van der Waals surface area (Å²) in [5, 5.41) is 9.74. The highest BCUT2D eigenvalue weighted by atomic mass is 16.5. The number of hydrogen-bond acceptors (Lipinski definition) is 5. The number of benzene rings is 1. The number of aromatic amines is 1. The molecule has 0 bridgehead atoms. The van der Waals surface area contributed by atoms with Crippen LogP contribution >= 0.6 is 0 Å². The van der Waals surface area contributed by atoms with E-state index in [4.69, 9.17) is 10.5 Å². The van der Waals surface area contributed by atoms with Crippen LogP contribution in [0.15, 0.2) is 48.7 Å². The van der Waals surface area contributed by atoms with E-state index in [1.165, 1.54) is 0 Å². The Balaban J connectivity index is 1.52. The van der Waals surface area contributed by atoms with Gasteiger partial charge in [-0.3, -0.25) is 9.89 Å². The normalized spacial score (nSPS) is 19.0. The van der Waals surface area contributed by atoms with Crippen LogP contribution in [-0.2, 0) is 0 Å². The molecule has 1 amide bonds. The molecule has 1 fully saturated rings. The van der Waals surface area contributed by atoms with Gasteiger partial charge in [-0.2, -0.15) is 5.10 Å². The molecule has 3 aromatic rings. The number of pyridine rings is 1. The monoisotopic (exact) mass is 391 g/mol. The highest BCUT2D eigenvalue weighted by Crippen LogP contribution is 2.30. The van der Waals surface area contributed by atoms with Crippen LogP contribution in [0, 0.1) is 6.92 Å². The van der Waals surface area contributed by atoms with E-state index in [9.17, 15) is 4.79 Å². The zero-order valence-electron chi connectivity index (χ0n) is 16.4. The molecule has 2 heterocycles. The van der Waals surface area contributed by atoms with Gasteiger partial charge in [-0.15, -0.1) is 0 Å². The number of hydrogen-bond donors (Lipinski definition) is 3. The molecule has 2 aromatic heterocycles. The Labute approximate surface area is 169 Å². The van der Waals surface area contributed by atoms with Crippen molar-refractivity contribution in [3.8, 4) is 17.1 Å². The van der Waals surface area contributed by atoms with E-state index in [1.54, 1.807) is 18.3 Å². The molecule has 0 unspecified atom stereocenters. The Hall–Kier alpha value is -3.19. The predicted molar refractivity (Wildman–Crippen MR) is 112 cm³/mol. The highest BCUT2D eigenvalue weighted by Gasteiger charge is 2.21. The average molecular weight is 391 g/mol. The smallest absolute Gasteiger partial charge is 0.274 e. The molecule has 0 spiro atoms. The molecule has 7 nitrogen and oxygen atoms in total. The number of nitrogens with one attached hydrogen (secondary N) is 2. The van der Waals surface area contributed by atoms with E-state index in [0.717, 1.165) is 36.9 Å². The Morgan fingerprint density at radius 2 is 2.00 bits per heavy atom. The van der Waals surface area contributed by atoms with Crippen molar-refractivity contribution in [2.45, 2.75) is 44.8 Å². The first-order valence-electron chi connectivity index (χ1n) is 9.89. The molecule has 1 aliphatic carbocycles. The summed E-state index contributed by atoms with van der Waals surface area (Å²) in [6.07, 6.45) is 5.55. The van der Waals surface area contributed by atoms with Crippen molar-refractivity contribution in [1.29, 1.82) is 0 Å². The average Bonchev–Trinajstić information content (AvgIpc) is 3.27. The maximum atomic E-state index is 12.8. The van der Waals surface area contributed by atoms with Crippen LogP contribution in [-0.4, -0.2) is 33.2 Å². The van der Waals surface area contributed by atoms with E-state index in [1.807, 2.05) is 37.3 Å². The second-order valence-corrected chi connectivity index (χ2v) is 7.49. The van der Waals surface area contributed by atoms with Crippen molar-refractivity contribution in [3.05, 3.63) is 59.9 Å². The number of H-pyrrole nitrogens is 1. The lowest BCUT2D eigenvalue weighted by Gasteiger charge is -2.27. The summed E-state index contributed by atoms with van der Waals surface area (Å²) in [6, 6.07) is 13.2. The molecule has 4 rings (SSSR count). The maximum absolute atomic E-state index is 12.8. The Kier molecular flexibility index (Phi) is 5.57. The van der Waals surface area contributed by atoms with E-state index in [0.29, 0.717) is 22.8 Å². The molecular formula is C22H25N5O2. The number of carbonyl (C=O) groups is 1. The lowest BCUT2D eigenvalue weighted by Crippen LogP contribution is -2.31. The van der Waals surface area contributed by atoms with E-state index >= 15 is 0 Å². The highest BCUT2D eigenvalue weighted by molar-refractivity contribution is 6.04. The quantitative estimate of drug-likeness (QED) is 0.615. The van der Waals surface area contributed by atoms with Crippen molar-refractivity contribution in [2.75, 3.05) is 5.32 Å². The van der Waals surface area contributed by atoms with Gasteiger partial charge >= 0.3 is 0 Å². The number of aryl methyl sites for hydroxylation is 1. The molecule has 150 valence electrons.